The highest BCUT2D eigenvalue weighted by molar-refractivity contribution is 5.80. The van der Waals surface area contributed by atoms with E-state index in [1.165, 1.54) is 11.4 Å². The molecule has 3 rings (SSSR count). The summed E-state index contributed by atoms with van der Waals surface area (Å²) in [6.45, 7) is 23.8. The van der Waals surface area contributed by atoms with Crippen molar-refractivity contribution in [2.45, 2.75) is 119 Å². The quantitative estimate of drug-likeness (QED) is 0.309. The molecule has 1 aromatic rings. The van der Waals surface area contributed by atoms with Crippen molar-refractivity contribution in [1.82, 2.24) is 0 Å². The zero-order valence-electron chi connectivity index (χ0n) is 26.1. The van der Waals surface area contributed by atoms with Crippen LogP contribution >= 0.6 is 0 Å². The van der Waals surface area contributed by atoms with Gasteiger partial charge in [-0.1, -0.05) is 39.8 Å². The van der Waals surface area contributed by atoms with E-state index in [-0.39, 0.29) is 22.9 Å². The normalized spacial score (nSPS) is 31.9. The Hall–Kier alpha value is -1.84. The molecule has 2 saturated carbocycles. The van der Waals surface area contributed by atoms with Crippen LogP contribution < -0.4 is 9.80 Å². The van der Waals surface area contributed by atoms with Crippen molar-refractivity contribution >= 4 is 22.9 Å². The Kier molecular flexibility index (Phi) is 9.80. The highest BCUT2D eigenvalue weighted by Crippen LogP contribution is 2.49. The molecule has 0 aromatic heterocycles. The number of hydrogen-bond acceptors (Lipinski definition) is 4. The molecule has 0 spiro atoms. The van der Waals surface area contributed by atoms with Gasteiger partial charge in [0.05, 0.1) is 11.4 Å². The van der Waals surface area contributed by atoms with Crippen molar-refractivity contribution < 1.29 is 9.59 Å². The van der Waals surface area contributed by atoms with Gasteiger partial charge < -0.3 is 9.80 Å². The topological polar surface area (TPSA) is 40.6 Å². The average Bonchev–Trinajstić information content (AvgIpc) is 2.85. The smallest absolute Gasteiger partial charge is 0.133 e. The van der Waals surface area contributed by atoms with E-state index in [9.17, 15) is 9.59 Å². The molecule has 0 saturated heterocycles. The molecule has 0 N–H and O–H groups in total. The number of ketones is 2. The number of nitrogens with zero attached hydrogens (tertiary/aromatic N) is 2. The van der Waals surface area contributed by atoms with Crippen LogP contribution in [-0.4, -0.2) is 35.7 Å². The Bertz CT molecular complexity index is 894. The first-order chi connectivity index (χ1) is 17.8. The summed E-state index contributed by atoms with van der Waals surface area (Å²) in [7, 11) is 0. The monoisotopic (exact) mass is 524 g/mol. The van der Waals surface area contributed by atoms with Crippen LogP contribution in [0.5, 0.6) is 0 Å². The average molecular weight is 525 g/mol. The Morgan fingerprint density at radius 1 is 0.763 bits per heavy atom. The van der Waals surface area contributed by atoms with Gasteiger partial charge in [0.2, 0.25) is 0 Å². The maximum Gasteiger partial charge on any atom is 0.133 e. The first-order valence-corrected chi connectivity index (χ1v) is 15.4. The van der Waals surface area contributed by atoms with E-state index in [0.29, 0.717) is 35.2 Å². The Balaban J connectivity index is 2.00. The summed E-state index contributed by atoms with van der Waals surface area (Å²) >= 11 is 0. The van der Waals surface area contributed by atoms with Crippen molar-refractivity contribution in [2.75, 3.05) is 22.9 Å². The third kappa shape index (κ3) is 5.99. The minimum absolute atomic E-state index is 0.0654. The van der Waals surface area contributed by atoms with Crippen molar-refractivity contribution in [3.8, 4) is 0 Å². The summed E-state index contributed by atoms with van der Waals surface area (Å²) < 4.78 is 0. The lowest BCUT2D eigenvalue weighted by molar-refractivity contribution is -0.125. The van der Waals surface area contributed by atoms with Crippen LogP contribution in [-0.2, 0) is 9.59 Å². The van der Waals surface area contributed by atoms with E-state index in [1.807, 2.05) is 0 Å². The maximum absolute atomic E-state index is 12.8. The van der Waals surface area contributed by atoms with Crippen molar-refractivity contribution in [3.63, 3.8) is 0 Å². The molecule has 2 aliphatic carbocycles. The van der Waals surface area contributed by atoms with Crippen molar-refractivity contribution in [3.05, 3.63) is 24.3 Å². The largest absolute Gasteiger partial charge is 0.365 e. The standard InChI is InChI=1S/C34H56N2O2/c1-11-35(33(9)19-17-27(23(3)4)29(21-33)25(7)37)31-15-13-14-16-32(31)36(12-2)34(10)20-18-28(24(5)6)30(22-34)26(8)38/h13-16,23-24,27-30H,11-12,17-22H2,1-10H3. The molecule has 1 aromatic carbocycles. The predicted molar refractivity (Wildman–Crippen MR) is 162 cm³/mol. The van der Waals surface area contributed by atoms with Gasteiger partial charge in [0.25, 0.3) is 0 Å². The Morgan fingerprint density at radius 3 is 1.37 bits per heavy atom. The number of hydrogen-bond donors (Lipinski definition) is 0. The van der Waals surface area contributed by atoms with E-state index >= 15 is 0 Å². The molecular formula is C34H56N2O2. The van der Waals surface area contributed by atoms with Crippen LogP contribution in [0.3, 0.4) is 0 Å². The van der Waals surface area contributed by atoms with Gasteiger partial charge in [0.1, 0.15) is 11.6 Å². The van der Waals surface area contributed by atoms with E-state index in [4.69, 9.17) is 0 Å². The second kappa shape index (κ2) is 12.1. The molecule has 0 amide bonds. The molecule has 0 aliphatic heterocycles. The number of carbonyl (C=O) groups is 2. The van der Waals surface area contributed by atoms with E-state index in [0.717, 1.165) is 51.6 Å². The molecule has 38 heavy (non-hydrogen) atoms. The summed E-state index contributed by atoms with van der Waals surface area (Å²) in [5.41, 5.74) is 2.42. The molecule has 2 aliphatic rings. The summed E-state index contributed by atoms with van der Waals surface area (Å²) in [5, 5.41) is 0. The van der Waals surface area contributed by atoms with Gasteiger partial charge in [-0.2, -0.15) is 0 Å². The first kappa shape index (κ1) is 30.7. The van der Waals surface area contributed by atoms with Gasteiger partial charge in [-0.15, -0.1) is 0 Å². The lowest BCUT2D eigenvalue weighted by atomic mass is 9.65. The van der Waals surface area contributed by atoms with E-state index in [2.05, 4.69) is 89.5 Å². The van der Waals surface area contributed by atoms with E-state index < -0.39 is 0 Å². The lowest BCUT2D eigenvalue weighted by Gasteiger charge is -2.53. The fraction of sp³-hybridized carbons (Fsp3) is 0.765. The molecule has 0 radical (unpaired) electrons. The van der Waals surface area contributed by atoms with Crippen LogP contribution in [0.15, 0.2) is 24.3 Å². The van der Waals surface area contributed by atoms with Crippen LogP contribution in [0.2, 0.25) is 0 Å². The number of carbonyl (C=O) groups excluding carboxylic acids is 2. The van der Waals surface area contributed by atoms with Crippen molar-refractivity contribution in [1.29, 1.82) is 0 Å². The Labute approximate surface area is 233 Å². The second-order valence-electron chi connectivity index (χ2n) is 13.7. The fourth-order valence-corrected chi connectivity index (χ4v) is 8.39. The minimum atomic E-state index is -0.0654. The maximum atomic E-state index is 12.8. The molecule has 2 fully saturated rings. The Morgan fingerprint density at radius 2 is 1.11 bits per heavy atom. The zero-order chi connectivity index (χ0) is 28.4. The molecule has 214 valence electrons. The summed E-state index contributed by atoms with van der Waals surface area (Å²) in [4.78, 5) is 30.9. The summed E-state index contributed by atoms with van der Waals surface area (Å²) in [5.74, 6) is 2.94. The molecule has 0 heterocycles. The number of rotatable bonds is 10. The third-order valence-corrected chi connectivity index (χ3v) is 10.5. The third-order valence-electron chi connectivity index (χ3n) is 10.5. The fourth-order valence-electron chi connectivity index (χ4n) is 8.39. The zero-order valence-corrected chi connectivity index (χ0v) is 26.1. The van der Waals surface area contributed by atoms with Crippen LogP contribution in [0.4, 0.5) is 11.4 Å². The second-order valence-corrected chi connectivity index (χ2v) is 13.7. The predicted octanol–water partition coefficient (Wildman–Crippen LogP) is 8.18. The van der Waals surface area contributed by atoms with Gasteiger partial charge in [0, 0.05) is 36.0 Å². The molecule has 4 nitrogen and oxygen atoms in total. The molecule has 4 heteroatoms. The SMILES string of the molecule is CCN(c1ccccc1N(CC)C1(C)CCC(C(C)C)C(C(C)=O)C1)C1(C)CCC(C(C)C)C(C(C)=O)C1. The number of anilines is 2. The van der Waals surface area contributed by atoms with Gasteiger partial charge in [-0.05, 0) is 116 Å². The van der Waals surface area contributed by atoms with Gasteiger partial charge in [-0.3, -0.25) is 9.59 Å². The van der Waals surface area contributed by atoms with Crippen LogP contribution in [0, 0.1) is 35.5 Å². The minimum Gasteiger partial charge on any atom is -0.365 e. The molecule has 0 bridgehead atoms. The van der Waals surface area contributed by atoms with Crippen molar-refractivity contribution in [2.24, 2.45) is 35.5 Å². The van der Waals surface area contributed by atoms with Crippen LogP contribution in [0.1, 0.15) is 108 Å². The highest BCUT2D eigenvalue weighted by atomic mass is 16.1. The number of benzene rings is 1. The summed E-state index contributed by atoms with van der Waals surface area (Å²) in [6.07, 6.45) is 6.24. The van der Waals surface area contributed by atoms with Gasteiger partial charge >= 0.3 is 0 Å². The number of Topliss-reactive ketones (excluding diaryl/α,β-unsaturated/α-hetero) is 2. The molecule has 6 atom stereocenters. The van der Waals surface area contributed by atoms with Gasteiger partial charge in [-0.25, -0.2) is 0 Å². The molecule has 6 unspecified atom stereocenters. The summed E-state index contributed by atoms with van der Waals surface area (Å²) in [6, 6.07) is 8.90. The number of para-hydroxylation sites is 2. The lowest BCUT2D eigenvalue weighted by Crippen LogP contribution is -2.55. The first-order valence-electron chi connectivity index (χ1n) is 15.4. The van der Waals surface area contributed by atoms with Gasteiger partial charge in [0.15, 0.2) is 0 Å². The van der Waals surface area contributed by atoms with E-state index in [1.54, 1.807) is 13.8 Å². The molecular weight excluding hydrogens is 468 g/mol. The van der Waals surface area contributed by atoms with Crippen LogP contribution in [0.25, 0.3) is 0 Å². The highest BCUT2D eigenvalue weighted by Gasteiger charge is 2.47.